The number of carboxylic acids is 5. The molecule has 376 valence electrons. The molecule has 24 nitrogen and oxygen atoms in total. The van der Waals surface area contributed by atoms with E-state index in [0.717, 1.165) is 16.7 Å². The number of ether oxygens (including phenoxy) is 1. The second kappa shape index (κ2) is 21.0. The van der Waals surface area contributed by atoms with E-state index in [1.54, 1.807) is 0 Å². The number of carboxylic acid groups (broad SMARTS) is 5. The summed E-state index contributed by atoms with van der Waals surface area (Å²) in [4.78, 5) is 116. The minimum atomic E-state index is -1.60. The Morgan fingerprint density at radius 1 is 0.912 bits per heavy atom. The molecule has 3 saturated heterocycles. The Kier molecular flexibility index (Phi) is 16.1. The highest BCUT2D eigenvalue weighted by molar-refractivity contribution is 7.99. The number of aromatic nitrogens is 1. The van der Waals surface area contributed by atoms with Crippen molar-refractivity contribution in [1.29, 1.82) is 0 Å². The SMILES string of the molecule is CN1C(=O)C(CNC(=O)CCCCCn2c(O)cc(SCC(NC(=O)NC(CCC(=O)O)C(=O)O)C(=O)O)c2O)NC2CCCC3(C)N(C(=O)C1CC(=O)O)C(C(=O)O)CSCC1C4(CC2)OC143. The molecule has 5 amide bonds. The molecule has 2 aliphatic carbocycles. The largest absolute Gasteiger partial charge is 0.494 e. The van der Waals surface area contributed by atoms with Gasteiger partial charge in [-0.25, -0.2) is 19.2 Å². The van der Waals surface area contributed by atoms with Gasteiger partial charge in [0.2, 0.25) is 23.6 Å². The van der Waals surface area contributed by atoms with Crippen LogP contribution in [-0.2, 0) is 49.6 Å². The summed E-state index contributed by atoms with van der Waals surface area (Å²) in [6.45, 7) is 1.76. The lowest BCUT2D eigenvalue weighted by molar-refractivity contribution is -0.166. The highest BCUT2D eigenvalue weighted by atomic mass is 32.2. The second-order valence-corrected chi connectivity index (χ2v) is 20.3. The monoisotopic (exact) mass is 997 g/mol. The summed E-state index contributed by atoms with van der Waals surface area (Å²) < 4.78 is 7.68. The summed E-state index contributed by atoms with van der Waals surface area (Å²) in [7, 11) is 1.31. The van der Waals surface area contributed by atoms with E-state index in [4.69, 9.17) is 9.84 Å². The van der Waals surface area contributed by atoms with Gasteiger partial charge in [0.1, 0.15) is 41.4 Å². The maximum absolute atomic E-state index is 14.8. The fourth-order valence-electron chi connectivity index (χ4n) is 10.4. The van der Waals surface area contributed by atoms with Crippen LogP contribution < -0.4 is 21.3 Å². The number of fused-ring (bicyclic) bond motifs is 3. The summed E-state index contributed by atoms with van der Waals surface area (Å²) in [5.74, 6) is -9.00. The Morgan fingerprint density at radius 3 is 2.28 bits per heavy atom. The van der Waals surface area contributed by atoms with E-state index in [2.05, 4.69) is 16.0 Å². The lowest BCUT2D eigenvalue weighted by atomic mass is 9.81. The molecule has 10 atom stereocenters. The van der Waals surface area contributed by atoms with E-state index in [-0.39, 0.29) is 53.8 Å². The minimum absolute atomic E-state index is 0.0282. The second-order valence-electron chi connectivity index (χ2n) is 18.2. The predicted octanol–water partition coefficient (Wildman–Crippen LogP) is 0.270. The van der Waals surface area contributed by atoms with Crippen LogP contribution in [-0.4, -0.2) is 188 Å². The molecule has 4 heterocycles. The third-order valence-corrected chi connectivity index (χ3v) is 16.2. The molecule has 6 rings (SSSR count). The van der Waals surface area contributed by atoms with Gasteiger partial charge < -0.3 is 71.5 Å². The summed E-state index contributed by atoms with van der Waals surface area (Å²) in [5.41, 5.74) is -2.43. The van der Waals surface area contributed by atoms with Gasteiger partial charge in [0.25, 0.3) is 0 Å². The number of hydrogen-bond acceptors (Lipinski definition) is 15. The normalized spacial score (nSPS) is 29.5. The summed E-state index contributed by atoms with van der Waals surface area (Å²) >= 11 is 2.21. The van der Waals surface area contributed by atoms with E-state index in [1.807, 2.05) is 12.2 Å². The van der Waals surface area contributed by atoms with Crippen LogP contribution in [0.2, 0.25) is 0 Å². The number of urea groups is 1. The van der Waals surface area contributed by atoms with E-state index < -0.39 is 126 Å². The van der Waals surface area contributed by atoms with Crippen molar-refractivity contribution in [1.82, 2.24) is 35.6 Å². The number of likely N-dealkylation sites (N-methyl/N-ethyl adjacent to an activating group) is 1. The van der Waals surface area contributed by atoms with Crippen molar-refractivity contribution in [2.24, 2.45) is 5.92 Å². The first-order valence-corrected chi connectivity index (χ1v) is 24.6. The van der Waals surface area contributed by atoms with Gasteiger partial charge >= 0.3 is 35.9 Å². The van der Waals surface area contributed by atoms with E-state index >= 15 is 0 Å². The zero-order chi connectivity index (χ0) is 49.9. The summed E-state index contributed by atoms with van der Waals surface area (Å²) in [6, 6.07) is -7.30. The molecule has 2 bridgehead atoms. The van der Waals surface area contributed by atoms with Crippen LogP contribution in [0.25, 0.3) is 0 Å². The van der Waals surface area contributed by atoms with Crippen LogP contribution in [0.15, 0.2) is 11.0 Å². The number of amides is 5. The fraction of sp³-hybridized carbons (Fsp3) is 0.690. The first kappa shape index (κ1) is 51.9. The number of nitrogens with one attached hydrogen (secondary N) is 4. The number of hydrogen-bond donors (Lipinski definition) is 11. The Hall–Kier alpha value is -5.47. The number of aliphatic carboxylic acids is 5. The molecular weight excluding hydrogens is 939 g/mol. The number of unbranched alkanes of at least 4 members (excludes halogenated alkanes) is 2. The Bertz CT molecular complexity index is 2180. The number of thioether (sulfide) groups is 2. The van der Waals surface area contributed by atoms with E-state index in [1.165, 1.54) is 34.3 Å². The van der Waals surface area contributed by atoms with E-state index in [0.29, 0.717) is 57.1 Å². The van der Waals surface area contributed by atoms with Crippen LogP contribution in [0.1, 0.15) is 84.0 Å². The van der Waals surface area contributed by atoms with Gasteiger partial charge in [-0.2, -0.15) is 11.8 Å². The third-order valence-electron chi connectivity index (χ3n) is 14.0. The zero-order valence-corrected chi connectivity index (χ0v) is 39.1. The molecule has 1 spiro atoms. The fourth-order valence-corrected chi connectivity index (χ4v) is 12.8. The number of carbonyl (C=O) groups excluding carboxylic acids is 4. The van der Waals surface area contributed by atoms with Gasteiger partial charge in [-0.3, -0.25) is 28.5 Å². The zero-order valence-electron chi connectivity index (χ0n) is 37.5. The van der Waals surface area contributed by atoms with Crippen molar-refractivity contribution in [2.45, 2.75) is 148 Å². The average molecular weight is 998 g/mol. The van der Waals surface area contributed by atoms with Gasteiger partial charge in [-0.05, 0) is 58.3 Å². The Labute approximate surface area is 398 Å². The first-order chi connectivity index (χ1) is 32.1. The molecule has 11 N–H and O–H groups in total. The molecule has 0 aromatic carbocycles. The lowest BCUT2D eigenvalue weighted by Gasteiger charge is -2.50. The minimum Gasteiger partial charge on any atom is -0.494 e. The molecule has 26 heteroatoms. The van der Waals surface area contributed by atoms with Crippen molar-refractivity contribution in [3.63, 3.8) is 0 Å². The third kappa shape index (κ3) is 10.6. The molecule has 2 saturated carbocycles. The topological polar surface area (TPSA) is 367 Å². The van der Waals surface area contributed by atoms with Crippen LogP contribution >= 0.6 is 23.5 Å². The maximum atomic E-state index is 14.8. The maximum Gasteiger partial charge on any atom is 0.327 e. The highest BCUT2D eigenvalue weighted by Gasteiger charge is 2.99. The van der Waals surface area contributed by atoms with Crippen LogP contribution in [0.5, 0.6) is 11.8 Å². The van der Waals surface area contributed by atoms with Gasteiger partial charge in [-0.15, -0.1) is 11.8 Å². The van der Waals surface area contributed by atoms with Gasteiger partial charge in [-0.1, -0.05) is 6.42 Å². The van der Waals surface area contributed by atoms with Crippen LogP contribution in [0.4, 0.5) is 4.79 Å². The molecule has 5 aliphatic rings. The summed E-state index contributed by atoms with van der Waals surface area (Å²) in [6.07, 6.45) is 2.16. The van der Waals surface area contributed by atoms with Gasteiger partial charge in [0, 0.05) is 68.3 Å². The molecule has 68 heavy (non-hydrogen) atoms. The lowest BCUT2D eigenvalue weighted by Crippen LogP contribution is -2.68. The quantitative estimate of drug-likeness (QED) is 0.0447. The molecule has 3 aliphatic heterocycles. The van der Waals surface area contributed by atoms with Crippen LogP contribution in [0, 0.1) is 5.92 Å². The van der Waals surface area contributed by atoms with Gasteiger partial charge in [0.15, 0.2) is 5.88 Å². The van der Waals surface area contributed by atoms with Crippen molar-refractivity contribution in [3.8, 4) is 11.8 Å². The molecule has 5 fully saturated rings. The van der Waals surface area contributed by atoms with Crippen molar-refractivity contribution >= 4 is 77.1 Å². The smallest absolute Gasteiger partial charge is 0.327 e. The summed E-state index contributed by atoms with van der Waals surface area (Å²) in [5, 5.41) is 79.9. The van der Waals surface area contributed by atoms with Crippen molar-refractivity contribution in [3.05, 3.63) is 6.07 Å². The van der Waals surface area contributed by atoms with Crippen molar-refractivity contribution in [2.75, 3.05) is 30.9 Å². The Morgan fingerprint density at radius 2 is 1.62 bits per heavy atom. The average Bonchev–Trinajstić information content (AvgIpc) is 4.07. The highest BCUT2D eigenvalue weighted by Crippen LogP contribution is 2.84. The molecule has 1 aromatic heterocycles. The number of nitrogens with zero attached hydrogens (tertiary/aromatic N) is 3. The molecular formula is C42H59N7O17S2. The number of carbonyl (C=O) groups is 9. The number of rotatable bonds is 21. The molecule has 1 aromatic rings. The predicted molar refractivity (Wildman–Crippen MR) is 238 cm³/mol. The molecule has 10 unspecified atom stereocenters. The van der Waals surface area contributed by atoms with E-state index in [9.17, 15) is 73.8 Å². The number of epoxide rings is 1. The number of aromatic hydroxyl groups is 2. The Balaban J connectivity index is 1.04. The van der Waals surface area contributed by atoms with Gasteiger partial charge in [0.05, 0.1) is 16.9 Å². The van der Waals surface area contributed by atoms with Crippen LogP contribution in [0.3, 0.4) is 0 Å². The first-order valence-electron chi connectivity index (χ1n) is 22.4. The molecule has 0 radical (unpaired) electrons. The standard InChI is InChI=1S/C42H59N7O17S2/c1-40-12-6-7-21-11-13-41-28(42(40,41)66-41)20-67-19-26(38(63)64)49(40)34(57)25(15-32(54)55)47(2)33(56)23(44-21)17-43-29(50)8-4-3-5-14-48-30(51)16-27(35(48)58)68-18-24(37(61)62)46-39(65)45-22(36(59)60)9-10-31(52)53/h16,21-26,28,44,51,58H,3-15,17-20H2,1-2H3,(H,43,50)(H,52,53)(H,54,55)(H,59,60)(H,61,62)(H,63,64)(H2,45,46,65). The van der Waals surface area contributed by atoms with Crippen molar-refractivity contribution < 1.29 is 83.6 Å².